The van der Waals surface area contributed by atoms with Gasteiger partial charge in [0.2, 0.25) is 0 Å². The fraction of sp³-hybridized carbons (Fsp3) is 0.700. The summed E-state index contributed by atoms with van der Waals surface area (Å²) in [6.45, 7) is 1.32. The number of aryl methyl sites for hydroxylation is 2. The predicted molar refractivity (Wildman–Crippen MR) is 59.8 cm³/mol. The molecule has 1 heterocycles. The lowest BCUT2D eigenvalue weighted by atomic mass is 10.3. The highest BCUT2D eigenvalue weighted by Gasteiger charge is 2.01. The first-order valence-electron chi connectivity index (χ1n) is 5.06. The van der Waals surface area contributed by atoms with E-state index in [9.17, 15) is 0 Å². The van der Waals surface area contributed by atoms with E-state index in [1.54, 1.807) is 11.3 Å². The Morgan fingerprint density at radius 1 is 1.43 bits per heavy atom. The molecule has 1 rings (SSSR count). The summed E-state index contributed by atoms with van der Waals surface area (Å²) in [4.78, 5) is 5.67. The van der Waals surface area contributed by atoms with Crippen LogP contribution in [-0.2, 0) is 12.8 Å². The van der Waals surface area contributed by atoms with Crippen molar-refractivity contribution in [3.05, 3.63) is 16.1 Å². The highest BCUT2D eigenvalue weighted by molar-refractivity contribution is 7.11. The molecule has 0 spiro atoms. The summed E-state index contributed by atoms with van der Waals surface area (Å²) in [5, 5.41) is 13.0. The molecule has 0 aliphatic heterocycles. The molecule has 1 aromatic rings. The van der Waals surface area contributed by atoms with Crippen LogP contribution in [0.3, 0.4) is 0 Å². The molecular formula is C10H18N2OS. The van der Waals surface area contributed by atoms with E-state index < -0.39 is 0 Å². The van der Waals surface area contributed by atoms with Gasteiger partial charge in [-0.25, -0.2) is 4.98 Å². The minimum absolute atomic E-state index is 0.259. The standard InChI is InChI=1S/C10H18N2OS/c1-11-6-2-4-9-8-12-10(14-9)5-3-7-13/h8,11,13H,2-7H2,1H3. The molecule has 0 atom stereocenters. The van der Waals surface area contributed by atoms with Crippen molar-refractivity contribution in [1.29, 1.82) is 0 Å². The Bertz CT molecular complexity index is 250. The van der Waals surface area contributed by atoms with Crippen LogP contribution in [0.1, 0.15) is 22.7 Å². The predicted octanol–water partition coefficient (Wildman–Crippen LogP) is 1.22. The van der Waals surface area contributed by atoms with E-state index in [1.165, 1.54) is 4.88 Å². The summed E-state index contributed by atoms with van der Waals surface area (Å²) in [5.74, 6) is 0. The maximum Gasteiger partial charge on any atom is 0.0928 e. The second-order valence-electron chi connectivity index (χ2n) is 3.25. The van der Waals surface area contributed by atoms with Gasteiger partial charge in [-0.1, -0.05) is 0 Å². The first kappa shape index (κ1) is 11.6. The summed E-state index contributed by atoms with van der Waals surface area (Å²) in [6, 6.07) is 0. The average Bonchev–Trinajstić information content (AvgIpc) is 2.63. The SMILES string of the molecule is CNCCCc1cnc(CCCO)s1. The largest absolute Gasteiger partial charge is 0.396 e. The third-order valence-electron chi connectivity index (χ3n) is 2.00. The van der Waals surface area contributed by atoms with E-state index in [0.29, 0.717) is 0 Å². The van der Waals surface area contributed by atoms with Gasteiger partial charge in [-0.15, -0.1) is 11.3 Å². The molecule has 3 nitrogen and oxygen atoms in total. The molecule has 0 aromatic carbocycles. The van der Waals surface area contributed by atoms with E-state index in [1.807, 2.05) is 13.2 Å². The highest BCUT2D eigenvalue weighted by atomic mass is 32.1. The summed E-state index contributed by atoms with van der Waals surface area (Å²) in [5.41, 5.74) is 0. The Hall–Kier alpha value is -0.450. The van der Waals surface area contributed by atoms with Crippen molar-refractivity contribution in [3.63, 3.8) is 0 Å². The van der Waals surface area contributed by atoms with Crippen molar-refractivity contribution in [2.24, 2.45) is 0 Å². The molecule has 2 N–H and O–H groups in total. The van der Waals surface area contributed by atoms with Gasteiger partial charge in [0.1, 0.15) is 0 Å². The highest BCUT2D eigenvalue weighted by Crippen LogP contribution is 2.15. The van der Waals surface area contributed by atoms with E-state index in [0.717, 1.165) is 37.2 Å². The third kappa shape index (κ3) is 4.17. The van der Waals surface area contributed by atoms with Crippen molar-refractivity contribution in [2.45, 2.75) is 25.7 Å². The number of aliphatic hydroxyl groups is 1. The number of nitrogens with zero attached hydrogens (tertiary/aromatic N) is 1. The Balaban J connectivity index is 2.27. The number of thiazole rings is 1. The number of hydrogen-bond acceptors (Lipinski definition) is 4. The Morgan fingerprint density at radius 2 is 2.29 bits per heavy atom. The van der Waals surface area contributed by atoms with Crippen molar-refractivity contribution in [2.75, 3.05) is 20.2 Å². The van der Waals surface area contributed by atoms with E-state index in [-0.39, 0.29) is 6.61 Å². The summed E-state index contributed by atoms with van der Waals surface area (Å²) in [6.07, 6.45) is 5.97. The van der Waals surface area contributed by atoms with Crippen LogP contribution in [0.4, 0.5) is 0 Å². The van der Waals surface area contributed by atoms with Gasteiger partial charge >= 0.3 is 0 Å². The Morgan fingerprint density at radius 3 is 3.00 bits per heavy atom. The number of rotatable bonds is 7. The van der Waals surface area contributed by atoms with Crippen molar-refractivity contribution in [3.8, 4) is 0 Å². The Kier molecular flexibility index (Phi) is 5.75. The van der Waals surface area contributed by atoms with Crippen LogP contribution in [0, 0.1) is 0 Å². The minimum atomic E-state index is 0.259. The Labute approximate surface area is 89.2 Å². The maximum atomic E-state index is 8.68. The van der Waals surface area contributed by atoms with E-state index in [4.69, 9.17) is 5.11 Å². The normalized spacial score (nSPS) is 10.7. The number of nitrogens with one attached hydrogen (secondary N) is 1. The average molecular weight is 214 g/mol. The van der Waals surface area contributed by atoms with Crippen LogP contribution < -0.4 is 5.32 Å². The van der Waals surface area contributed by atoms with Crippen molar-refractivity contribution < 1.29 is 5.11 Å². The molecule has 0 bridgehead atoms. The zero-order valence-corrected chi connectivity index (χ0v) is 9.44. The van der Waals surface area contributed by atoms with Gasteiger partial charge in [-0.3, -0.25) is 0 Å². The number of aromatic nitrogens is 1. The molecule has 0 aliphatic carbocycles. The smallest absolute Gasteiger partial charge is 0.0928 e. The second-order valence-corrected chi connectivity index (χ2v) is 4.45. The minimum Gasteiger partial charge on any atom is -0.396 e. The third-order valence-corrected chi connectivity index (χ3v) is 3.12. The monoisotopic (exact) mass is 214 g/mol. The lowest BCUT2D eigenvalue weighted by Crippen LogP contribution is -2.07. The van der Waals surface area contributed by atoms with Crippen LogP contribution in [0.15, 0.2) is 6.20 Å². The van der Waals surface area contributed by atoms with Gasteiger partial charge in [0.15, 0.2) is 0 Å². The summed E-state index contributed by atoms with van der Waals surface area (Å²) < 4.78 is 0. The summed E-state index contributed by atoms with van der Waals surface area (Å²) >= 11 is 1.77. The lowest BCUT2D eigenvalue weighted by molar-refractivity contribution is 0.288. The van der Waals surface area contributed by atoms with E-state index in [2.05, 4.69) is 10.3 Å². The van der Waals surface area contributed by atoms with Gasteiger partial charge in [-0.05, 0) is 32.9 Å². The molecule has 4 heteroatoms. The van der Waals surface area contributed by atoms with Crippen LogP contribution in [-0.4, -0.2) is 30.3 Å². The quantitative estimate of drug-likeness (QED) is 0.671. The van der Waals surface area contributed by atoms with Crippen LogP contribution in [0.5, 0.6) is 0 Å². The molecule has 1 aromatic heterocycles. The molecular weight excluding hydrogens is 196 g/mol. The second kappa shape index (κ2) is 6.92. The van der Waals surface area contributed by atoms with Gasteiger partial charge in [0, 0.05) is 24.1 Å². The first-order valence-corrected chi connectivity index (χ1v) is 5.87. The molecule has 0 saturated heterocycles. The molecule has 0 amide bonds. The molecule has 0 radical (unpaired) electrons. The van der Waals surface area contributed by atoms with Crippen molar-refractivity contribution >= 4 is 11.3 Å². The van der Waals surface area contributed by atoms with Crippen LogP contribution in [0.25, 0.3) is 0 Å². The van der Waals surface area contributed by atoms with Crippen LogP contribution in [0.2, 0.25) is 0 Å². The van der Waals surface area contributed by atoms with Crippen molar-refractivity contribution in [1.82, 2.24) is 10.3 Å². The number of aliphatic hydroxyl groups excluding tert-OH is 1. The zero-order valence-electron chi connectivity index (χ0n) is 8.62. The first-order chi connectivity index (χ1) is 6.86. The van der Waals surface area contributed by atoms with E-state index >= 15 is 0 Å². The van der Waals surface area contributed by atoms with Gasteiger partial charge in [-0.2, -0.15) is 0 Å². The van der Waals surface area contributed by atoms with Crippen LogP contribution >= 0.6 is 11.3 Å². The molecule has 0 saturated carbocycles. The molecule has 80 valence electrons. The fourth-order valence-electron chi connectivity index (χ4n) is 1.25. The topological polar surface area (TPSA) is 45.2 Å². The summed E-state index contributed by atoms with van der Waals surface area (Å²) in [7, 11) is 1.97. The molecule has 0 unspecified atom stereocenters. The maximum absolute atomic E-state index is 8.68. The van der Waals surface area contributed by atoms with Gasteiger partial charge in [0.25, 0.3) is 0 Å². The van der Waals surface area contributed by atoms with Gasteiger partial charge < -0.3 is 10.4 Å². The number of hydrogen-bond donors (Lipinski definition) is 2. The molecule has 0 fully saturated rings. The lowest BCUT2D eigenvalue weighted by Gasteiger charge is -1.95. The zero-order chi connectivity index (χ0) is 10.2. The van der Waals surface area contributed by atoms with Gasteiger partial charge in [0.05, 0.1) is 5.01 Å². The molecule has 0 aliphatic rings. The fourth-order valence-corrected chi connectivity index (χ4v) is 2.26. The molecule has 14 heavy (non-hydrogen) atoms.